The van der Waals surface area contributed by atoms with E-state index in [0.29, 0.717) is 6.42 Å². The predicted octanol–water partition coefficient (Wildman–Crippen LogP) is 5.49. The van der Waals surface area contributed by atoms with Crippen molar-refractivity contribution in [3.63, 3.8) is 0 Å². The Bertz CT molecular complexity index is 1110. The second-order valence-corrected chi connectivity index (χ2v) is 9.63. The lowest BCUT2D eigenvalue weighted by molar-refractivity contribution is -0.118. The third-order valence-corrected chi connectivity index (χ3v) is 6.54. The number of aliphatic imine (C=N–C) groups is 1. The first-order chi connectivity index (χ1) is 13.4. The van der Waals surface area contributed by atoms with Crippen molar-refractivity contribution in [2.45, 2.75) is 32.6 Å². The van der Waals surface area contributed by atoms with E-state index in [0.717, 1.165) is 44.6 Å². The van der Waals surface area contributed by atoms with Gasteiger partial charge in [0.25, 0.3) is 0 Å². The van der Waals surface area contributed by atoms with E-state index in [2.05, 4.69) is 29.8 Å². The molecule has 0 N–H and O–H groups in total. The minimum atomic E-state index is -0.421. The van der Waals surface area contributed by atoms with Crippen molar-refractivity contribution in [1.29, 1.82) is 0 Å². The van der Waals surface area contributed by atoms with Crippen molar-refractivity contribution in [3.05, 3.63) is 81.0 Å². The quantitative estimate of drug-likeness (QED) is 0.596. The summed E-state index contributed by atoms with van der Waals surface area (Å²) >= 11 is 3.55. The fraction of sp³-hybridized carbons (Fsp3) is 0.292. The fourth-order valence-electron chi connectivity index (χ4n) is 4.95. The first-order valence-electron chi connectivity index (χ1n) is 9.60. The summed E-state index contributed by atoms with van der Waals surface area (Å²) in [6.45, 7) is 4.23. The molecule has 28 heavy (non-hydrogen) atoms. The van der Waals surface area contributed by atoms with Crippen molar-refractivity contribution < 1.29 is 9.59 Å². The topological polar surface area (TPSA) is 46.5 Å². The molecule has 140 valence electrons. The van der Waals surface area contributed by atoms with Gasteiger partial charge in [-0.2, -0.15) is 0 Å². The van der Waals surface area contributed by atoms with E-state index in [1.807, 2.05) is 48.5 Å². The molecular weight excluding hydrogens is 414 g/mol. The molecule has 2 aliphatic carbocycles. The highest BCUT2D eigenvalue weighted by Gasteiger charge is 2.50. The van der Waals surface area contributed by atoms with Gasteiger partial charge in [-0.15, -0.1) is 0 Å². The fourth-order valence-corrected chi connectivity index (χ4v) is 5.36. The first kappa shape index (κ1) is 17.7. The van der Waals surface area contributed by atoms with Gasteiger partial charge >= 0.3 is 0 Å². The minimum Gasteiger partial charge on any atom is -0.294 e. The van der Waals surface area contributed by atoms with Crippen LogP contribution in [0.4, 0.5) is 0 Å². The van der Waals surface area contributed by atoms with Crippen molar-refractivity contribution in [1.82, 2.24) is 0 Å². The Hall–Kier alpha value is -2.33. The third kappa shape index (κ3) is 2.58. The lowest BCUT2D eigenvalue weighted by Crippen LogP contribution is -2.37. The van der Waals surface area contributed by atoms with E-state index < -0.39 is 5.92 Å². The second kappa shape index (κ2) is 6.08. The number of carbonyl (C=O) groups excluding carboxylic acids is 2. The van der Waals surface area contributed by atoms with Crippen molar-refractivity contribution in [2.24, 2.45) is 16.3 Å². The summed E-state index contributed by atoms with van der Waals surface area (Å²) < 4.78 is 0.947. The van der Waals surface area contributed by atoms with Crippen LogP contribution in [0.1, 0.15) is 54.1 Å². The highest BCUT2D eigenvalue weighted by molar-refractivity contribution is 9.10. The molecule has 0 saturated heterocycles. The molecule has 0 bridgehead atoms. The number of benzene rings is 2. The van der Waals surface area contributed by atoms with Gasteiger partial charge in [0.15, 0.2) is 11.6 Å². The Morgan fingerprint density at radius 1 is 0.964 bits per heavy atom. The molecule has 0 spiro atoms. The van der Waals surface area contributed by atoms with E-state index in [4.69, 9.17) is 4.99 Å². The highest BCUT2D eigenvalue weighted by atomic mass is 79.9. The molecule has 0 saturated carbocycles. The van der Waals surface area contributed by atoms with E-state index in [1.165, 1.54) is 0 Å². The Morgan fingerprint density at radius 2 is 1.71 bits per heavy atom. The molecule has 0 fully saturated rings. The molecule has 2 aromatic rings. The Labute approximate surface area is 172 Å². The zero-order chi connectivity index (χ0) is 19.6. The molecule has 5 rings (SSSR count). The number of nitrogens with zero attached hydrogens (tertiary/aromatic N) is 1. The van der Waals surface area contributed by atoms with Crippen molar-refractivity contribution in [3.8, 4) is 0 Å². The van der Waals surface area contributed by atoms with E-state index in [9.17, 15) is 9.59 Å². The largest absolute Gasteiger partial charge is 0.294 e. The Kier molecular flexibility index (Phi) is 3.86. The molecule has 3 nitrogen and oxygen atoms in total. The van der Waals surface area contributed by atoms with Gasteiger partial charge in [0.05, 0.1) is 11.6 Å². The smallest absolute Gasteiger partial charge is 0.173 e. The summed E-state index contributed by atoms with van der Waals surface area (Å²) in [4.78, 5) is 31.6. The maximum atomic E-state index is 13.4. The van der Waals surface area contributed by atoms with Crippen LogP contribution in [0, 0.1) is 11.3 Å². The summed E-state index contributed by atoms with van der Waals surface area (Å²) in [5.41, 5.74) is 4.95. The minimum absolute atomic E-state index is 0.0727. The normalized spacial score (nSPS) is 25.2. The Morgan fingerprint density at radius 3 is 2.46 bits per heavy atom. The molecule has 4 heteroatoms. The summed E-state index contributed by atoms with van der Waals surface area (Å²) in [5.74, 6) is -0.495. The van der Waals surface area contributed by atoms with Gasteiger partial charge in [0.1, 0.15) is 0 Å². The summed E-state index contributed by atoms with van der Waals surface area (Å²) in [5, 5.41) is 0. The van der Waals surface area contributed by atoms with Crippen LogP contribution in [-0.4, -0.2) is 17.3 Å². The van der Waals surface area contributed by atoms with Gasteiger partial charge < -0.3 is 0 Å². The lowest BCUT2D eigenvalue weighted by atomic mass is 9.66. The number of Topliss-reactive ketones (excluding diaryl/α,β-unsaturated/α-hetero) is 2. The molecule has 2 atom stereocenters. The first-order valence-corrected chi connectivity index (χ1v) is 10.4. The highest BCUT2D eigenvalue weighted by Crippen LogP contribution is 2.51. The van der Waals surface area contributed by atoms with Gasteiger partial charge in [-0.3, -0.25) is 14.6 Å². The summed E-state index contributed by atoms with van der Waals surface area (Å²) in [6, 6.07) is 15.7. The van der Waals surface area contributed by atoms with Gasteiger partial charge in [-0.05, 0) is 29.5 Å². The molecular formula is C24H20BrNO2. The second-order valence-electron chi connectivity index (χ2n) is 8.72. The van der Waals surface area contributed by atoms with Gasteiger partial charge in [-0.1, -0.05) is 66.2 Å². The van der Waals surface area contributed by atoms with Crippen LogP contribution in [0.5, 0.6) is 0 Å². The van der Waals surface area contributed by atoms with Crippen LogP contribution < -0.4 is 0 Å². The van der Waals surface area contributed by atoms with Crippen LogP contribution in [-0.2, 0) is 4.79 Å². The number of carbonyl (C=O) groups is 2. The molecule has 0 unspecified atom stereocenters. The average Bonchev–Trinajstić information content (AvgIpc) is 2.92. The van der Waals surface area contributed by atoms with Crippen molar-refractivity contribution in [2.75, 3.05) is 0 Å². The van der Waals surface area contributed by atoms with Crippen LogP contribution in [0.15, 0.2) is 69.3 Å². The number of ketones is 2. The van der Waals surface area contributed by atoms with E-state index in [-0.39, 0.29) is 22.9 Å². The number of halogens is 1. The molecule has 2 aromatic carbocycles. The standard InChI is InChI=1S/C24H20BrNO2/c1-24(2)11-17-20(18(27)12-24)19(13-6-5-7-14(25)10-13)21-22(26-17)15-8-3-4-9-16(15)23(21)28/h3-10,19,21H,11-12H2,1-2H3/t19-,21-/m0/s1. The van der Waals surface area contributed by atoms with Crippen LogP contribution >= 0.6 is 15.9 Å². The number of hydrogen-bond donors (Lipinski definition) is 0. The van der Waals surface area contributed by atoms with Crippen molar-refractivity contribution >= 4 is 33.2 Å². The van der Waals surface area contributed by atoms with Gasteiger partial charge in [0.2, 0.25) is 0 Å². The maximum Gasteiger partial charge on any atom is 0.173 e. The average molecular weight is 434 g/mol. The number of allylic oxidation sites excluding steroid dienone is 2. The van der Waals surface area contributed by atoms with E-state index in [1.54, 1.807) is 0 Å². The van der Waals surface area contributed by atoms with E-state index >= 15 is 0 Å². The number of hydrogen-bond acceptors (Lipinski definition) is 3. The summed E-state index contributed by atoms with van der Waals surface area (Å²) in [7, 11) is 0. The molecule has 1 aliphatic heterocycles. The van der Waals surface area contributed by atoms with Crippen LogP contribution in [0.2, 0.25) is 0 Å². The van der Waals surface area contributed by atoms with Crippen LogP contribution in [0.3, 0.4) is 0 Å². The molecule has 3 aliphatic rings. The molecule has 0 aromatic heterocycles. The Balaban J connectivity index is 1.78. The third-order valence-electron chi connectivity index (χ3n) is 6.05. The SMILES string of the molecule is CC1(C)CC(=O)C2=C(C1)N=C1c3ccccc3C(=O)[C@H]1[C@H]2c1cccc(Br)c1. The van der Waals surface area contributed by atoms with Gasteiger partial charge in [0, 0.05) is 39.2 Å². The predicted molar refractivity (Wildman–Crippen MR) is 113 cm³/mol. The van der Waals surface area contributed by atoms with Crippen LogP contribution in [0.25, 0.3) is 0 Å². The molecule has 0 amide bonds. The number of fused-ring (bicyclic) bond motifs is 3. The zero-order valence-electron chi connectivity index (χ0n) is 15.8. The number of rotatable bonds is 1. The van der Waals surface area contributed by atoms with Gasteiger partial charge in [-0.25, -0.2) is 0 Å². The molecule has 1 heterocycles. The monoisotopic (exact) mass is 433 g/mol. The maximum absolute atomic E-state index is 13.4. The lowest BCUT2D eigenvalue weighted by Gasteiger charge is -2.38. The zero-order valence-corrected chi connectivity index (χ0v) is 17.4. The summed E-state index contributed by atoms with van der Waals surface area (Å²) in [6.07, 6.45) is 1.25. The molecule has 0 radical (unpaired) electrons.